The standard InChI is InChI=1S/C12H23N3O2.HI/c1-12(2,3)17-10(16)8-15-11(13-4)14-7-9-5-6-9;/h9H,5-8H2,1-4H3,(H2,13,14,15);1H. The monoisotopic (exact) mass is 369 g/mol. The van der Waals surface area contributed by atoms with Crippen LogP contribution in [0.3, 0.4) is 0 Å². The molecule has 1 aliphatic rings. The molecule has 0 bridgehead atoms. The molecular weight excluding hydrogens is 345 g/mol. The number of guanidine groups is 1. The van der Waals surface area contributed by atoms with Gasteiger partial charge in [0.2, 0.25) is 0 Å². The van der Waals surface area contributed by atoms with Crippen LogP contribution in [0.15, 0.2) is 4.99 Å². The fourth-order valence-electron chi connectivity index (χ4n) is 1.32. The quantitative estimate of drug-likeness (QED) is 0.342. The number of aliphatic imine (C=N–C) groups is 1. The zero-order valence-electron chi connectivity index (χ0n) is 11.6. The average molecular weight is 369 g/mol. The number of halogens is 1. The molecule has 0 radical (unpaired) electrons. The molecule has 6 heteroatoms. The van der Waals surface area contributed by atoms with E-state index in [1.165, 1.54) is 12.8 Å². The molecular formula is C12H24IN3O2. The van der Waals surface area contributed by atoms with Gasteiger partial charge in [0.15, 0.2) is 5.96 Å². The third-order valence-electron chi connectivity index (χ3n) is 2.30. The van der Waals surface area contributed by atoms with Crippen LogP contribution in [-0.2, 0) is 9.53 Å². The minimum atomic E-state index is -0.441. The molecule has 106 valence electrons. The van der Waals surface area contributed by atoms with Crippen LogP contribution in [0, 0.1) is 5.92 Å². The summed E-state index contributed by atoms with van der Waals surface area (Å²) in [7, 11) is 1.69. The number of ether oxygens (including phenoxy) is 1. The number of nitrogens with one attached hydrogen (secondary N) is 2. The Kier molecular flexibility index (Phi) is 7.58. The summed E-state index contributed by atoms with van der Waals surface area (Å²) in [5.41, 5.74) is -0.441. The first-order chi connectivity index (χ1) is 7.90. The number of hydrogen-bond donors (Lipinski definition) is 2. The van der Waals surface area contributed by atoms with Gasteiger partial charge in [-0.05, 0) is 39.5 Å². The van der Waals surface area contributed by atoms with Gasteiger partial charge in [-0.25, -0.2) is 0 Å². The van der Waals surface area contributed by atoms with Crippen molar-refractivity contribution in [1.29, 1.82) is 0 Å². The second-order valence-electron chi connectivity index (χ2n) is 5.34. The van der Waals surface area contributed by atoms with Crippen LogP contribution >= 0.6 is 24.0 Å². The zero-order valence-corrected chi connectivity index (χ0v) is 13.9. The smallest absolute Gasteiger partial charge is 0.325 e. The Labute approximate surface area is 126 Å². The number of carbonyl (C=O) groups is 1. The van der Waals surface area contributed by atoms with Gasteiger partial charge in [-0.1, -0.05) is 0 Å². The van der Waals surface area contributed by atoms with E-state index in [2.05, 4.69) is 15.6 Å². The highest BCUT2D eigenvalue weighted by atomic mass is 127. The van der Waals surface area contributed by atoms with E-state index in [-0.39, 0.29) is 36.5 Å². The minimum absolute atomic E-state index is 0. The lowest BCUT2D eigenvalue weighted by Gasteiger charge is -2.20. The van der Waals surface area contributed by atoms with Crippen molar-refractivity contribution in [2.75, 3.05) is 20.1 Å². The van der Waals surface area contributed by atoms with E-state index >= 15 is 0 Å². The number of rotatable bonds is 4. The van der Waals surface area contributed by atoms with Crippen LogP contribution in [0.2, 0.25) is 0 Å². The lowest BCUT2D eigenvalue weighted by atomic mass is 10.2. The third-order valence-corrected chi connectivity index (χ3v) is 2.30. The first kappa shape index (κ1) is 17.5. The molecule has 0 aromatic heterocycles. The van der Waals surface area contributed by atoms with E-state index in [0.717, 1.165) is 12.5 Å². The molecule has 1 fully saturated rings. The van der Waals surface area contributed by atoms with Crippen LogP contribution < -0.4 is 10.6 Å². The number of carbonyl (C=O) groups excluding carboxylic acids is 1. The molecule has 2 N–H and O–H groups in total. The van der Waals surface area contributed by atoms with E-state index in [0.29, 0.717) is 5.96 Å². The van der Waals surface area contributed by atoms with Gasteiger partial charge in [0.25, 0.3) is 0 Å². The van der Waals surface area contributed by atoms with E-state index in [4.69, 9.17) is 4.74 Å². The van der Waals surface area contributed by atoms with E-state index in [1.54, 1.807) is 7.05 Å². The Morgan fingerprint density at radius 2 is 1.94 bits per heavy atom. The van der Waals surface area contributed by atoms with Gasteiger partial charge >= 0.3 is 5.97 Å². The number of hydrogen-bond acceptors (Lipinski definition) is 3. The first-order valence-electron chi connectivity index (χ1n) is 6.07. The van der Waals surface area contributed by atoms with Gasteiger partial charge in [-0.2, -0.15) is 0 Å². The predicted octanol–water partition coefficient (Wildman–Crippen LogP) is 1.52. The molecule has 0 aliphatic heterocycles. The highest BCUT2D eigenvalue weighted by Crippen LogP contribution is 2.27. The summed E-state index contributed by atoms with van der Waals surface area (Å²) >= 11 is 0. The predicted molar refractivity (Wildman–Crippen MR) is 83.3 cm³/mol. The SMILES string of the molecule is CN=C(NCC(=O)OC(C)(C)C)NCC1CC1.I. The lowest BCUT2D eigenvalue weighted by molar-refractivity contribution is -0.153. The molecule has 0 atom stereocenters. The van der Waals surface area contributed by atoms with Gasteiger partial charge in [0.05, 0.1) is 0 Å². The van der Waals surface area contributed by atoms with Crippen LogP contribution in [-0.4, -0.2) is 37.7 Å². The zero-order chi connectivity index (χ0) is 12.9. The summed E-state index contributed by atoms with van der Waals surface area (Å²) in [4.78, 5) is 15.5. The Bertz CT molecular complexity index is 296. The van der Waals surface area contributed by atoms with Crippen LogP contribution in [0.5, 0.6) is 0 Å². The topological polar surface area (TPSA) is 62.7 Å². The molecule has 0 unspecified atom stereocenters. The van der Waals surface area contributed by atoms with Crippen molar-refractivity contribution in [3.8, 4) is 0 Å². The Hall–Kier alpha value is -0.530. The molecule has 0 spiro atoms. The minimum Gasteiger partial charge on any atom is -0.459 e. The molecule has 1 saturated carbocycles. The Morgan fingerprint density at radius 3 is 2.39 bits per heavy atom. The molecule has 0 saturated heterocycles. The number of esters is 1. The molecule has 1 rings (SSSR count). The maximum Gasteiger partial charge on any atom is 0.325 e. The van der Waals surface area contributed by atoms with Gasteiger partial charge in [-0.15, -0.1) is 24.0 Å². The maximum absolute atomic E-state index is 11.5. The fraction of sp³-hybridized carbons (Fsp3) is 0.833. The molecule has 5 nitrogen and oxygen atoms in total. The van der Waals surface area contributed by atoms with Gasteiger partial charge in [0.1, 0.15) is 12.1 Å². The molecule has 0 aromatic carbocycles. The van der Waals surface area contributed by atoms with Gasteiger partial charge in [0, 0.05) is 13.6 Å². The summed E-state index contributed by atoms with van der Waals surface area (Å²) in [5, 5.41) is 6.12. The second kappa shape index (κ2) is 7.81. The molecule has 0 aromatic rings. The highest BCUT2D eigenvalue weighted by molar-refractivity contribution is 14.0. The lowest BCUT2D eigenvalue weighted by Crippen LogP contribution is -2.42. The maximum atomic E-state index is 11.5. The largest absolute Gasteiger partial charge is 0.459 e. The Balaban J connectivity index is 0.00000289. The van der Waals surface area contributed by atoms with Crippen LogP contribution in [0.25, 0.3) is 0 Å². The normalized spacial score (nSPS) is 15.7. The third kappa shape index (κ3) is 8.54. The van der Waals surface area contributed by atoms with Crippen molar-refractivity contribution in [2.24, 2.45) is 10.9 Å². The van der Waals surface area contributed by atoms with Gasteiger partial charge < -0.3 is 15.4 Å². The van der Waals surface area contributed by atoms with Crippen molar-refractivity contribution in [1.82, 2.24) is 10.6 Å². The molecule has 0 heterocycles. The summed E-state index contributed by atoms with van der Waals surface area (Å²) < 4.78 is 5.19. The summed E-state index contributed by atoms with van der Waals surface area (Å²) in [6, 6.07) is 0. The molecule has 0 amide bonds. The first-order valence-corrected chi connectivity index (χ1v) is 6.07. The number of nitrogens with zero attached hydrogens (tertiary/aromatic N) is 1. The van der Waals surface area contributed by atoms with Crippen molar-refractivity contribution in [2.45, 2.75) is 39.2 Å². The molecule has 18 heavy (non-hydrogen) atoms. The van der Waals surface area contributed by atoms with E-state index in [9.17, 15) is 4.79 Å². The van der Waals surface area contributed by atoms with Crippen LogP contribution in [0.1, 0.15) is 33.6 Å². The highest BCUT2D eigenvalue weighted by Gasteiger charge is 2.21. The summed E-state index contributed by atoms with van der Waals surface area (Å²) in [6.45, 7) is 6.62. The van der Waals surface area contributed by atoms with E-state index in [1.807, 2.05) is 20.8 Å². The van der Waals surface area contributed by atoms with Crippen molar-refractivity contribution in [3.05, 3.63) is 0 Å². The molecule has 1 aliphatic carbocycles. The second-order valence-corrected chi connectivity index (χ2v) is 5.34. The van der Waals surface area contributed by atoms with E-state index < -0.39 is 5.60 Å². The Morgan fingerprint density at radius 1 is 1.33 bits per heavy atom. The van der Waals surface area contributed by atoms with Crippen molar-refractivity contribution < 1.29 is 9.53 Å². The average Bonchev–Trinajstić information content (AvgIpc) is 2.99. The fourth-order valence-corrected chi connectivity index (χ4v) is 1.32. The van der Waals surface area contributed by atoms with Crippen molar-refractivity contribution >= 4 is 35.9 Å². The van der Waals surface area contributed by atoms with Gasteiger partial charge in [-0.3, -0.25) is 9.79 Å². The van der Waals surface area contributed by atoms with Crippen molar-refractivity contribution in [3.63, 3.8) is 0 Å². The summed E-state index contributed by atoms with van der Waals surface area (Å²) in [5.74, 6) is 1.16. The van der Waals surface area contributed by atoms with Crippen LogP contribution in [0.4, 0.5) is 0 Å². The summed E-state index contributed by atoms with van der Waals surface area (Å²) in [6.07, 6.45) is 2.58.